The van der Waals surface area contributed by atoms with E-state index in [4.69, 9.17) is 0 Å². The fourth-order valence-corrected chi connectivity index (χ4v) is 4.46. The van der Waals surface area contributed by atoms with Gasteiger partial charge in [-0.25, -0.2) is 0 Å². The van der Waals surface area contributed by atoms with Crippen molar-refractivity contribution in [1.82, 2.24) is 5.32 Å². The molecule has 1 N–H and O–H groups in total. The molecule has 2 rings (SSSR count). The average Bonchev–Trinajstić information content (AvgIpc) is 2.40. The van der Waals surface area contributed by atoms with E-state index in [1.54, 1.807) is 6.42 Å². The fourth-order valence-electron chi connectivity index (χ4n) is 4.46. The molecule has 0 aromatic rings. The zero-order valence-electron chi connectivity index (χ0n) is 11.9. The van der Waals surface area contributed by atoms with Crippen LogP contribution in [0.4, 0.5) is 0 Å². The highest BCUT2D eigenvalue weighted by molar-refractivity contribution is 4.85. The summed E-state index contributed by atoms with van der Waals surface area (Å²) in [6, 6.07) is 0. The van der Waals surface area contributed by atoms with E-state index in [1.165, 1.54) is 57.9 Å². The van der Waals surface area contributed by atoms with Crippen LogP contribution in [0.2, 0.25) is 0 Å². The molecule has 100 valence electrons. The van der Waals surface area contributed by atoms with E-state index < -0.39 is 0 Å². The highest BCUT2D eigenvalue weighted by Crippen LogP contribution is 2.43. The predicted octanol–water partition coefficient (Wildman–Crippen LogP) is 4.23. The van der Waals surface area contributed by atoms with Gasteiger partial charge in [-0.15, -0.1) is 0 Å². The minimum Gasteiger partial charge on any atom is -0.319 e. The van der Waals surface area contributed by atoms with E-state index >= 15 is 0 Å². The minimum absolute atomic E-state index is 0.981. The monoisotopic (exact) mass is 237 g/mol. The second-order valence-electron chi connectivity index (χ2n) is 6.47. The molecule has 4 unspecified atom stereocenters. The summed E-state index contributed by atoms with van der Waals surface area (Å²) in [5.74, 6) is 4.14. The van der Waals surface area contributed by atoms with Crippen molar-refractivity contribution in [3.05, 3.63) is 0 Å². The summed E-state index contributed by atoms with van der Waals surface area (Å²) in [6.45, 7) is 3.65. The van der Waals surface area contributed by atoms with Crippen LogP contribution in [-0.2, 0) is 0 Å². The molecule has 0 saturated heterocycles. The molecule has 1 heteroatoms. The van der Waals surface area contributed by atoms with Crippen LogP contribution in [0, 0.1) is 23.7 Å². The fraction of sp³-hybridized carbons (Fsp3) is 1.00. The lowest BCUT2D eigenvalue weighted by atomic mass is 9.66. The summed E-state index contributed by atoms with van der Waals surface area (Å²) < 4.78 is 0. The van der Waals surface area contributed by atoms with Gasteiger partial charge in [-0.3, -0.25) is 0 Å². The molecule has 0 aromatic heterocycles. The maximum absolute atomic E-state index is 3.43. The lowest BCUT2D eigenvalue weighted by Gasteiger charge is -2.41. The Morgan fingerprint density at radius 2 is 1.82 bits per heavy atom. The van der Waals surface area contributed by atoms with Gasteiger partial charge in [0.15, 0.2) is 0 Å². The van der Waals surface area contributed by atoms with Gasteiger partial charge >= 0.3 is 0 Å². The smallest absolute Gasteiger partial charge is 0.00208 e. The van der Waals surface area contributed by atoms with Gasteiger partial charge in [-0.1, -0.05) is 45.4 Å². The minimum atomic E-state index is 0.981. The molecule has 4 atom stereocenters. The van der Waals surface area contributed by atoms with Gasteiger partial charge in [-0.2, -0.15) is 0 Å². The Hall–Kier alpha value is -0.0400. The maximum Gasteiger partial charge on any atom is -0.00208 e. The van der Waals surface area contributed by atoms with Gasteiger partial charge in [0.25, 0.3) is 0 Å². The molecule has 0 spiro atoms. The molecule has 0 aromatic carbocycles. The van der Waals surface area contributed by atoms with Crippen molar-refractivity contribution >= 4 is 0 Å². The lowest BCUT2D eigenvalue weighted by Crippen LogP contribution is -2.35. The first kappa shape index (κ1) is 13.4. The molecular formula is C16H31N. The molecule has 2 fully saturated rings. The van der Waals surface area contributed by atoms with Crippen molar-refractivity contribution < 1.29 is 0 Å². The van der Waals surface area contributed by atoms with Gasteiger partial charge in [0.1, 0.15) is 0 Å². The van der Waals surface area contributed by atoms with E-state index in [0.29, 0.717) is 0 Å². The van der Waals surface area contributed by atoms with Crippen LogP contribution in [0.5, 0.6) is 0 Å². The summed E-state index contributed by atoms with van der Waals surface area (Å²) in [4.78, 5) is 0. The van der Waals surface area contributed by atoms with Crippen LogP contribution in [0.1, 0.15) is 64.7 Å². The molecule has 0 heterocycles. The average molecular weight is 237 g/mol. The normalized spacial score (nSPS) is 39.2. The van der Waals surface area contributed by atoms with Gasteiger partial charge in [0, 0.05) is 0 Å². The molecule has 0 bridgehead atoms. The Morgan fingerprint density at radius 3 is 2.59 bits per heavy atom. The Kier molecular flexibility index (Phi) is 5.34. The first-order valence-electron chi connectivity index (χ1n) is 7.99. The molecule has 2 aliphatic rings. The zero-order valence-corrected chi connectivity index (χ0v) is 11.9. The van der Waals surface area contributed by atoms with Crippen LogP contribution < -0.4 is 5.32 Å². The van der Waals surface area contributed by atoms with Crippen LogP contribution in [0.25, 0.3) is 0 Å². The SMILES string of the molecule is CCC1CCCC(C2CCCCC2CNC)C1. The third kappa shape index (κ3) is 3.47. The molecule has 2 saturated carbocycles. The Labute approximate surface area is 108 Å². The van der Waals surface area contributed by atoms with Crippen LogP contribution in [-0.4, -0.2) is 13.6 Å². The van der Waals surface area contributed by atoms with Crippen molar-refractivity contribution in [2.75, 3.05) is 13.6 Å². The molecular weight excluding hydrogens is 206 g/mol. The van der Waals surface area contributed by atoms with Gasteiger partial charge in [0.05, 0.1) is 0 Å². The Balaban J connectivity index is 1.92. The van der Waals surface area contributed by atoms with Crippen LogP contribution in [0.3, 0.4) is 0 Å². The third-order valence-electron chi connectivity index (χ3n) is 5.44. The molecule has 2 aliphatic carbocycles. The quantitative estimate of drug-likeness (QED) is 0.771. The number of nitrogens with one attached hydrogen (secondary N) is 1. The standard InChI is InChI=1S/C16H31N/c1-3-13-7-6-9-14(11-13)16-10-5-4-8-15(16)12-17-2/h13-17H,3-12H2,1-2H3. The van der Waals surface area contributed by atoms with Crippen LogP contribution >= 0.6 is 0 Å². The van der Waals surface area contributed by atoms with Crippen LogP contribution in [0.15, 0.2) is 0 Å². The highest BCUT2D eigenvalue weighted by atomic mass is 14.8. The van der Waals surface area contributed by atoms with Crippen molar-refractivity contribution in [2.45, 2.75) is 64.7 Å². The Bertz CT molecular complexity index is 212. The summed E-state index contributed by atoms with van der Waals surface area (Å²) >= 11 is 0. The zero-order chi connectivity index (χ0) is 12.1. The molecule has 17 heavy (non-hydrogen) atoms. The Morgan fingerprint density at radius 1 is 1.00 bits per heavy atom. The highest BCUT2D eigenvalue weighted by Gasteiger charge is 2.33. The van der Waals surface area contributed by atoms with Crippen molar-refractivity contribution in [3.8, 4) is 0 Å². The van der Waals surface area contributed by atoms with E-state index in [1.807, 2.05) is 0 Å². The number of hydrogen-bond donors (Lipinski definition) is 1. The van der Waals surface area contributed by atoms with Crippen molar-refractivity contribution in [3.63, 3.8) is 0 Å². The largest absolute Gasteiger partial charge is 0.319 e. The lowest BCUT2D eigenvalue weighted by molar-refractivity contribution is 0.105. The van der Waals surface area contributed by atoms with Gasteiger partial charge in [0.2, 0.25) is 0 Å². The maximum atomic E-state index is 3.43. The summed E-state index contributed by atoms with van der Waals surface area (Å²) in [5.41, 5.74) is 0. The van der Waals surface area contributed by atoms with E-state index in [0.717, 1.165) is 23.7 Å². The number of hydrogen-bond acceptors (Lipinski definition) is 1. The van der Waals surface area contributed by atoms with E-state index in [9.17, 15) is 0 Å². The topological polar surface area (TPSA) is 12.0 Å². The molecule has 0 aliphatic heterocycles. The first-order valence-corrected chi connectivity index (χ1v) is 7.99. The van der Waals surface area contributed by atoms with E-state index in [-0.39, 0.29) is 0 Å². The van der Waals surface area contributed by atoms with E-state index in [2.05, 4.69) is 19.3 Å². The third-order valence-corrected chi connectivity index (χ3v) is 5.44. The van der Waals surface area contributed by atoms with Crippen molar-refractivity contribution in [1.29, 1.82) is 0 Å². The molecule has 1 nitrogen and oxygen atoms in total. The first-order chi connectivity index (χ1) is 8.35. The molecule has 0 radical (unpaired) electrons. The number of rotatable bonds is 4. The van der Waals surface area contributed by atoms with Gasteiger partial charge < -0.3 is 5.32 Å². The van der Waals surface area contributed by atoms with Gasteiger partial charge in [-0.05, 0) is 56.5 Å². The predicted molar refractivity (Wildman–Crippen MR) is 75.1 cm³/mol. The summed E-state index contributed by atoms with van der Waals surface area (Å²) in [7, 11) is 2.13. The second-order valence-corrected chi connectivity index (χ2v) is 6.47. The second kappa shape index (κ2) is 6.78. The molecule has 0 amide bonds. The summed E-state index contributed by atoms with van der Waals surface area (Å²) in [5, 5.41) is 3.43. The van der Waals surface area contributed by atoms with Crippen molar-refractivity contribution in [2.24, 2.45) is 23.7 Å². The summed E-state index contributed by atoms with van der Waals surface area (Å²) in [6.07, 6.45) is 13.5.